The molecule has 1 saturated carbocycles. The van der Waals surface area contributed by atoms with Crippen LogP contribution in [0.3, 0.4) is 0 Å². The molecule has 6 nitrogen and oxygen atoms in total. The molecule has 6 heteroatoms. The standard InChI is InChI=1S/C20H32N2O4/c1-7-11(3)15-16(26-18(15)24)17(23)22-14-10-12(14)9-13(8-2)21-19(25)20(4,5)6/h8,11-16H,2,7,9-10H2,1,3-6H3,(H,21,25)(H,22,23)/t11-,12+,13+,14-,15-,16+/m0/s1. The molecule has 0 bridgehead atoms. The summed E-state index contributed by atoms with van der Waals surface area (Å²) in [5.41, 5.74) is -0.447. The molecule has 146 valence electrons. The SMILES string of the molecule is C=C[C@H](C[C@@H]1C[C@@H]1NC(=O)[C@@H]1OC(=O)[C@H]1[C@@H](C)CC)NC(=O)C(C)(C)C. The van der Waals surface area contributed by atoms with Crippen LogP contribution in [0, 0.1) is 23.2 Å². The lowest BCUT2D eigenvalue weighted by molar-refractivity contribution is -0.193. The molecule has 2 N–H and O–H groups in total. The lowest BCUT2D eigenvalue weighted by Gasteiger charge is -2.37. The van der Waals surface area contributed by atoms with Gasteiger partial charge in [-0.2, -0.15) is 0 Å². The summed E-state index contributed by atoms with van der Waals surface area (Å²) in [5, 5.41) is 5.98. The summed E-state index contributed by atoms with van der Waals surface area (Å²) in [6.07, 6.45) is 3.54. The Balaban J connectivity index is 1.80. The van der Waals surface area contributed by atoms with Crippen LogP contribution in [0.1, 0.15) is 53.9 Å². The van der Waals surface area contributed by atoms with Crippen molar-refractivity contribution in [2.45, 2.75) is 72.1 Å². The molecule has 1 aliphatic carbocycles. The normalized spacial score (nSPS) is 29.7. The van der Waals surface area contributed by atoms with Crippen molar-refractivity contribution in [3.05, 3.63) is 12.7 Å². The summed E-state index contributed by atoms with van der Waals surface area (Å²) in [6.45, 7) is 13.4. The number of hydrogen-bond donors (Lipinski definition) is 2. The molecule has 1 heterocycles. The highest BCUT2D eigenvalue weighted by molar-refractivity contribution is 5.94. The van der Waals surface area contributed by atoms with E-state index in [2.05, 4.69) is 17.2 Å². The van der Waals surface area contributed by atoms with Gasteiger partial charge in [0.1, 0.15) is 5.92 Å². The second-order valence-corrected chi connectivity index (χ2v) is 8.68. The van der Waals surface area contributed by atoms with Gasteiger partial charge in [0.25, 0.3) is 5.91 Å². The van der Waals surface area contributed by atoms with Crippen LogP contribution in [-0.2, 0) is 19.1 Å². The van der Waals surface area contributed by atoms with Gasteiger partial charge < -0.3 is 15.4 Å². The van der Waals surface area contributed by atoms with E-state index in [1.54, 1.807) is 6.08 Å². The van der Waals surface area contributed by atoms with Crippen LogP contribution in [0.5, 0.6) is 0 Å². The van der Waals surface area contributed by atoms with Crippen LogP contribution in [0.4, 0.5) is 0 Å². The Labute approximate surface area is 156 Å². The van der Waals surface area contributed by atoms with Crippen molar-refractivity contribution in [3.63, 3.8) is 0 Å². The largest absolute Gasteiger partial charge is 0.451 e. The smallest absolute Gasteiger partial charge is 0.314 e. The van der Waals surface area contributed by atoms with E-state index in [9.17, 15) is 14.4 Å². The molecule has 1 aliphatic heterocycles. The third-order valence-electron chi connectivity index (χ3n) is 5.45. The maximum Gasteiger partial charge on any atom is 0.314 e. The van der Waals surface area contributed by atoms with Gasteiger partial charge in [-0.25, -0.2) is 0 Å². The van der Waals surface area contributed by atoms with Gasteiger partial charge in [0.2, 0.25) is 5.91 Å². The molecule has 6 atom stereocenters. The quantitative estimate of drug-likeness (QED) is 0.511. The van der Waals surface area contributed by atoms with E-state index < -0.39 is 11.5 Å². The highest BCUT2D eigenvalue weighted by Gasteiger charge is 2.51. The third kappa shape index (κ3) is 4.65. The number of nitrogens with one attached hydrogen (secondary N) is 2. The van der Waals surface area contributed by atoms with Gasteiger partial charge in [0, 0.05) is 17.5 Å². The Bertz CT molecular complexity index is 581. The lowest BCUT2D eigenvalue weighted by Crippen LogP contribution is -2.56. The monoisotopic (exact) mass is 364 g/mol. The molecule has 0 radical (unpaired) electrons. The van der Waals surface area contributed by atoms with E-state index >= 15 is 0 Å². The third-order valence-corrected chi connectivity index (χ3v) is 5.45. The van der Waals surface area contributed by atoms with Gasteiger partial charge in [0.05, 0.1) is 0 Å². The van der Waals surface area contributed by atoms with E-state index in [1.807, 2.05) is 34.6 Å². The van der Waals surface area contributed by atoms with Crippen molar-refractivity contribution in [1.29, 1.82) is 0 Å². The van der Waals surface area contributed by atoms with Gasteiger partial charge >= 0.3 is 5.97 Å². The van der Waals surface area contributed by atoms with Crippen molar-refractivity contribution in [3.8, 4) is 0 Å². The molecule has 2 rings (SSSR count). The molecule has 26 heavy (non-hydrogen) atoms. The minimum atomic E-state index is -0.658. The summed E-state index contributed by atoms with van der Waals surface area (Å²) >= 11 is 0. The van der Waals surface area contributed by atoms with Gasteiger partial charge in [-0.15, -0.1) is 6.58 Å². The van der Waals surface area contributed by atoms with Crippen LogP contribution < -0.4 is 10.6 Å². The Morgan fingerprint density at radius 3 is 2.54 bits per heavy atom. The first kappa shape index (κ1) is 20.5. The Morgan fingerprint density at radius 2 is 2.04 bits per heavy atom. The summed E-state index contributed by atoms with van der Waals surface area (Å²) in [4.78, 5) is 36.1. The molecule has 0 aromatic rings. The second-order valence-electron chi connectivity index (χ2n) is 8.68. The molecule has 0 spiro atoms. The molecular formula is C20H32N2O4. The summed E-state index contributed by atoms with van der Waals surface area (Å²) in [6, 6.07) is -0.0311. The topological polar surface area (TPSA) is 84.5 Å². The number of rotatable bonds is 8. The average molecular weight is 364 g/mol. The molecule has 2 amide bonds. The molecule has 0 unspecified atom stereocenters. The first-order valence-corrected chi connectivity index (χ1v) is 9.52. The van der Waals surface area contributed by atoms with Crippen molar-refractivity contribution >= 4 is 17.8 Å². The fourth-order valence-corrected chi connectivity index (χ4v) is 3.20. The molecule has 0 aromatic carbocycles. The lowest BCUT2D eigenvalue weighted by atomic mass is 9.83. The predicted octanol–water partition coefficient (Wildman–Crippen LogP) is 2.19. The van der Waals surface area contributed by atoms with E-state index in [1.165, 1.54) is 0 Å². The fourth-order valence-electron chi connectivity index (χ4n) is 3.20. The first-order chi connectivity index (χ1) is 12.1. The van der Waals surface area contributed by atoms with E-state index in [0.29, 0.717) is 5.92 Å². The van der Waals surface area contributed by atoms with Crippen molar-refractivity contribution in [2.75, 3.05) is 0 Å². The van der Waals surface area contributed by atoms with Crippen molar-refractivity contribution in [2.24, 2.45) is 23.2 Å². The zero-order valence-electron chi connectivity index (χ0n) is 16.5. The number of ether oxygens (including phenoxy) is 1. The zero-order chi connectivity index (χ0) is 19.6. The summed E-state index contributed by atoms with van der Waals surface area (Å²) in [5.74, 6) is -0.370. The van der Waals surface area contributed by atoms with Gasteiger partial charge in [0.15, 0.2) is 6.10 Å². The number of esters is 1. The minimum absolute atomic E-state index is 0.0126. The molecular weight excluding hydrogens is 332 g/mol. The number of carbonyl (C=O) groups excluding carboxylic acids is 3. The average Bonchev–Trinajstić information content (AvgIpc) is 3.27. The fraction of sp³-hybridized carbons (Fsp3) is 0.750. The highest BCUT2D eigenvalue weighted by Crippen LogP contribution is 2.37. The number of amides is 2. The Hall–Kier alpha value is -1.85. The maximum atomic E-state index is 12.4. The second kappa shape index (κ2) is 7.80. The molecule has 2 aliphatic rings. The summed E-state index contributed by atoms with van der Waals surface area (Å²) < 4.78 is 5.07. The van der Waals surface area contributed by atoms with Gasteiger partial charge in [-0.3, -0.25) is 14.4 Å². The van der Waals surface area contributed by atoms with E-state index in [-0.39, 0.29) is 41.7 Å². The maximum absolute atomic E-state index is 12.4. The summed E-state index contributed by atoms with van der Waals surface area (Å²) in [7, 11) is 0. The highest BCUT2D eigenvalue weighted by atomic mass is 16.6. The van der Waals surface area contributed by atoms with E-state index in [4.69, 9.17) is 4.74 Å². The van der Waals surface area contributed by atoms with Gasteiger partial charge in [-0.1, -0.05) is 47.1 Å². The number of hydrogen-bond acceptors (Lipinski definition) is 4. The van der Waals surface area contributed by atoms with Crippen LogP contribution >= 0.6 is 0 Å². The molecule has 1 saturated heterocycles. The van der Waals surface area contributed by atoms with Crippen LogP contribution in [0.2, 0.25) is 0 Å². The molecule has 0 aromatic heterocycles. The van der Waals surface area contributed by atoms with Gasteiger partial charge in [-0.05, 0) is 24.7 Å². The van der Waals surface area contributed by atoms with Crippen LogP contribution in [0.15, 0.2) is 12.7 Å². The van der Waals surface area contributed by atoms with Crippen molar-refractivity contribution in [1.82, 2.24) is 10.6 Å². The van der Waals surface area contributed by atoms with E-state index in [0.717, 1.165) is 19.3 Å². The Kier molecular flexibility index (Phi) is 6.14. The Morgan fingerprint density at radius 1 is 1.38 bits per heavy atom. The number of cyclic esters (lactones) is 1. The molecule has 2 fully saturated rings. The number of carbonyl (C=O) groups is 3. The van der Waals surface area contributed by atoms with Crippen LogP contribution in [-0.4, -0.2) is 36.0 Å². The van der Waals surface area contributed by atoms with Crippen molar-refractivity contribution < 1.29 is 19.1 Å². The van der Waals surface area contributed by atoms with Crippen LogP contribution in [0.25, 0.3) is 0 Å². The zero-order valence-corrected chi connectivity index (χ0v) is 16.5. The predicted molar refractivity (Wildman–Crippen MR) is 99.1 cm³/mol. The minimum Gasteiger partial charge on any atom is -0.451 e. The first-order valence-electron chi connectivity index (χ1n) is 9.52.